The lowest BCUT2D eigenvalue weighted by atomic mass is 10.2. The molecule has 0 fully saturated rings. The largest absolute Gasteiger partial charge is 0.457 e. The number of carbonyl (C=O) groups is 1. The molecule has 2 rings (SSSR count). The number of esters is 1. The molecule has 0 radical (unpaired) electrons. The molecule has 0 bridgehead atoms. The van der Waals surface area contributed by atoms with Gasteiger partial charge in [0.05, 0.1) is 4.92 Å². The van der Waals surface area contributed by atoms with Crippen molar-refractivity contribution < 1.29 is 14.5 Å². The van der Waals surface area contributed by atoms with Crippen LogP contribution in [-0.4, -0.2) is 17.1 Å². The maximum Gasteiger partial charge on any atom is 0.345 e. The molecule has 0 atom stereocenters. The van der Waals surface area contributed by atoms with Crippen LogP contribution in [0.2, 0.25) is 0 Å². The van der Waals surface area contributed by atoms with Gasteiger partial charge in [-0.3, -0.25) is 10.1 Å². The number of ether oxygens (including phenoxy) is 1. The highest BCUT2D eigenvalue weighted by atomic mass is 32.2. The number of nitrogens with zero attached hydrogens (tertiary/aromatic N) is 1. The van der Waals surface area contributed by atoms with Gasteiger partial charge in [-0.05, 0) is 30.0 Å². The highest BCUT2D eigenvalue weighted by molar-refractivity contribution is 7.98. The van der Waals surface area contributed by atoms with Crippen LogP contribution in [-0.2, 0) is 11.3 Å². The molecule has 2 aromatic rings. The highest BCUT2D eigenvalue weighted by Crippen LogP contribution is 2.20. The number of thioether (sulfide) groups is 1. The summed E-state index contributed by atoms with van der Waals surface area (Å²) >= 11 is 1.62. The van der Waals surface area contributed by atoms with Gasteiger partial charge in [-0.2, -0.15) is 0 Å². The third-order valence-corrected chi connectivity index (χ3v) is 3.59. The molecule has 0 aliphatic rings. The van der Waals surface area contributed by atoms with Crippen LogP contribution in [0, 0.1) is 10.1 Å². The number of hydrogen-bond donors (Lipinski definition) is 0. The van der Waals surface area contributed by atoms with Crippen LogP contribution >= 0.6 is 11.8 Å². The van der Waals surface area contributed by atoms with E-state index >= 15 is 0 Å². The Kier molecular flexibility index (Phi) is 4.94. The normalized spacial score (nSPS) is 10.1. The van der Waals surface area contributed by atoms with E-state index in [1.165, 1.54) is 18.2 Å². The summed E-state index contributed by atoms with van der Waals surface area (Å²) < 4.78 is 5.13. The summed E-state index contributed by atoms with van der Waals surface area (Å²) in [4.78, 5) is 23.3. The monoisotopic (exact) mass is 303 g/mol. The molecule has 0 saturated heterocycles. The Balaban J connectivity index is 2.06. The minimum Gasteiger partial charge on any atom is -0.457 e. The van der Waals surface area contributed by atoms with Crippen LogP contribution in [0.1, 0.15) is 15.9 Å². The summed E-state index contributed by atoms with van der Waals surface area (Å²) in [5.41, 5.74) is 0.545. The molecular weight excluding hydrogens is 290 g/mol. The van der Waals surface area contributed by atoms with E-state index < -0.39 is 10.9 Å². The predicted molar refractivity (Wildman–Crippen MR) is 80.4 cm³/mol. The van der Waals surface area contributed by atoms with Gasteiger partial charge in [0.1, 0.15) is 12.2 Å². The summed E-state index contributed by atoms with van der Waals surface area (Å²) in [5, 5.41) is 10.9. The van der Waals surface area contributed by atoms with Crippen molar-refractivity contribution in [2.45, 2.75) is 11.5 Å². The number of nitro benzene ring substituents is 1. The first kappa shape index (κ1) is 15.1. The van der Waals surface area contributed by atoms with Gasteiger partial charge in [0.25, 0.3) is 5.69 Å². The van der Waals surface area contributed by atoms with Crippen LogP contribution in [0.5, 0.6) is 0 Å². The lowest BCUT2D eigenvalue weighted by Crippen LogP contribution is -2.08. The third kappa shape index (κ3) is 3.82. The second-order valence-corrected chi connectivity index (χ2v) is 5.08. The molecule has 5 nitrogen and oxygen atoms in total. The standard InChI is InChI=1S/C15H13NO4S/c1-21-12-8-6-11(7-9-12)10-20-15(17)13-4-2-3-5-14(13)16(18)19/h2-9H,10H2,1H3. The van der Waals surface area contributed by atoms with Crippen molar-refractivity contribution in [2.24, 2.45) is 0 Å². The minimum atomic E-state index is -0.698. The van der Waals surface area contributed by atoms with E-state index in [0.29, 0.717) is 0 Å². The van der Waals surface area contributed by atoms with Gasteiger partial charge in [-0.25, -0.2) is 4.79 Å². The number of rotatable bonds is 5. The van der Waals surface area contributed by atoms with E-state index in [1.54, 1.807) is 17.8 Å². The Morgan fingerprint density at radius 2 is 1.86 bits per heavy atom. The minimum absolute atomic E-state index is 0.0387. The van der Waals surface area contributed by atoms with Crippen LogP contribution in [0.3, 0.4) is 0 Å². The maximum atomic E-state index is 11.9. The molecular formula is C15H13NO4S. The molecule has 0 aliphatic heterocycles. The number of carbonyl (C=O) groups excluding carboxylic acids is 1. The van der Waals surface area contributed by atoms with Gasteiger partial charge in [-0.1, -0.05) is 24.3 Å². The number of hydrogen-bond acceptors (Lipinski definition) is 5. The summed E-state index contributed by atoms with van der Waals surface area (Å²) in [6, 6.07) is 13.3. The molecule has 0 saturated carbocycles. The second kappa shape index (κ2) is 6.90. The van der Waals surface area contributed by atoms with Crippen molar-refractivity contribution in [1.29, 1.82) is 0 Å². The van der Waals surface area contributed by atoms with E-state index in [2.05, 4.69) is 0 Å². The van der Waals surface area contributed by atoms with Gasteiger partial charge in [0.2, 0.25) is 0 Å². The molecule has 21 heavy (non-hydrogen) atoms. The summed E-state index contributed by atoms with van der Waals surface area (Å²) in [5.74, 6) is -0.698. The van der Waals surface area contributed by atoms with E-state index in [0.717, 1.165) is 10.5 Å². The van der Waals surface area contributed by atoms with E-state index in [-0.39, 0.29) is 17.9 Å². The highest BCUT2D eigenvalue weighted by Gasteiger charge is 2.20. The zero-order valence-electron chi connectivity index (χ0n) is 11.3. The lowest BCUT2D eigenvalue weighted by Gasteiger charge is -2.06. The lowest BCUT2D eigenvalue weighted by molar-refractivity contribution is -0.385. The van der Waals surface area contributed by atoms with Crippen LogP contribution < -0.4 is 0 Å². The van der Waals surface area contributed by atoms with Gasteiger partial charge in [0, 0.05) is 11.0 Å². The average molecular weight is 303 g/mol. The summed E-state index contributed by atoms with van der Waals surface area (Å²) in [7, 11) is 0. The first-order valence-corrected chi connectivity index (χ1v) is 7.38. The Labute approximate surface area is 126 Å². The summed E-state index contributed by atoms with van der Waals surface area (Å²) in [6.07, 6.45) is 1.98. The van der Waals surface area contributed by atoms with Crippen LogP contribution in [0.15, 0.2) is 53.4 Å². The van der Waals surface area contributed by atoms with E-state index in [9.17, 15) is 14.9 Å². The number of para-hydroxylation sites is 1. The molecule has 2 aromatic carbocycles. The molecule has 0 amide bonds. The Bertz CT molecular complexity index is 655. The van der Waals surface area contributed by atoms with E-state index in [1.807, 2.05) is 30.5 Å². The Morgan fingerprint density at radius 1 is 1.19 bits per heavy atom. The molecule has 0 N–H and O–H groups in total. The van der Waals surface area contributed by atoms with Crippen molar-refractivity contribution in [3.63, 3.8) is 0 Å². The topological polar surface area (TPSA) is 69.4 Å². The van der Waals surface area contributed by atoms with Gasteiger partial charge in [-0.15, -0.1) is 11.8 Å². The number of benzene rings is 2. The number of nitro groups is 1. The zero-order valence-corrected chi connectivity index (χ0v) is 12.1. The zero-order chi connectivity index (χ0) is 15.2. The average Bonchev–Trinajstić information content (AvgIpc) is 2.53. The smallest absolute Gasteiger partial charge is 0.345 e. The Morgan fingerprint density at radius 3 is 2.48 bits per heavy atom. The fraction of sp³-hybridized carbons (Fsp3) is 0.133. The van der Waals surface area contributed by atoms with Crippen LogP contribution in [0.25, 0.3) is 0 Å². The molecule has 6 heteroatoms. The van der Waals surface area contributed by atoms with Crippen molar-refractivity contribution in [3.8, 4) is 0 Å². The van der Waals surface area contributed by atoms with E-state index in [4.69, 9.17) is 4.74 Å². The van der Waals surface area contributed by atoms with Crippen LogP contribution in [0.4, 0.5) is 5.69 Å². The quantitative estimate of drug-likeness (QED) is 0.365. The maximum absolute atomic E-state index is 11.9. The molecule has 108 valence electrons. The van der Waals surface area contributed by atoms with Gasteiger partial charge < -0.3 is 4.74 Å². The first-order chi connectivity index (χ1) is 10.1. The van der Waals surface area contributed by atoms with Crippen molar-refractivity contribution in [1.82, 2.24) is 0 Å². The summed E-state index contributed by atoms with van der Waals surface area (Å²) in [6.45, 7) is 0.0829. The molecule has 0 heterocycles. The second-order valence-electron chi connectivity index (χ2n) is 4.20. The van der Waals surface area contributed by atoms with Crippen molar-refractivity contribution in [3.05, 3.63) is 69.8 Å². The van der Waals surface area contributed by atoms with Gasteiger partial charge in [0.15, 0.2) is 0 Å². The van der Waals surface area contributed by atoms with Crippen molar-refractivity contribution in [2.75, 3.05) is 6.26 Å². The molecule has 0 aliphatic carbocycles. The third-order valence-electron chi connectivity index (χ3n) is 2.85. The fourth-order valence-corrected chi connectivity index (χ4v) is 2.16. The Hall–Kier alpha value is -2.34. The molecule has 0 spiro atoms. The van der Waals surface area contributed by atoms with Crippen molar-refractivity contribution >= 4 is 23.4 Å². The fourth-order valence-electron chi connectivity index (χ4n) is 1.75. The first-order valence-electron chi connectivity index (χ1n) is 6.15. The molecule has 0 aromatic heterocycles. The predicted octanol–water partition coefficient (Wildman–Crippen LogP) is 3.67. The van der Waals surface area contributed by atoms with Gasteiger partial charge >= 0.3 is 5.97 Å². The SMILES string of the molecule is CSc1ccc(COC(=O)c2ccccc2[N+](=O)[O-])cc1. The molecule has 0 unspecified atom stereocenters.